The summed E-state index contributed by atoms with van der Waals surface area (Å²) >= 11 is 0. The molecule has 0 unspecified atom stereocenters. The predicted molar refractivity (Wildman–Crippen MR) is 129 cm³/mol. The van der Waals surface area contributed by atoms with Gasteiger partial charge in [0.15, 0.2) is 6.10 Å². The van der Waals surface area contributed by atoms with Crippen molar-refractivity contribution >= 4 is 22.8 Å². The average Bonchev–Trinajstić information content (AvgIpc) is 2.84. The molecule has 35 heavy (non-hydrogen) atoms. The van der Waals surface area contributed by atoms with Crippen LogP contribution in [0.1, 0.15) is 12.5 Å². The molecule has 1 aromatic heterocycles. The van der Waals surface area contributed by atoms with Crippen LogP contribution in [0.5, 0.6) is 11.5 Å². The van der Waals surface area contributed by atoms with Crippen LogP contribution in [0.3, 0.4) is 0 Å². The van der Waals surface area contributed by atoms with Gasteiger partial charge in [0.05, 0.1) is 0 Å². The second-order valence-corrected chi connectivity index (χ2v) is 8.03. The van der Waals surface area contributed by atoms with E-state index in [1.165, 1.54) is 31.2 Å². The maximum absolute atomic E-state index is 12.7. The number of hydrogen-bond acceptors (Lipinski definition) is 6. The number of nitrogens with one attached hydrogen (secondary N) is 1. The Morgan fingerprint density at radius 2 is 1.71 bits per heavy atom. The molecule has 8 nitrogen and oxygen atoms in total. The Labute approximate surface area is 200 Å². The van der Waals surface area contributed by atoms with Gasteiger partial charge in [0.2, 0.25) is 0 Å². The Kier molecular flexibility index (Phi) is 6.82. The molecule has 3 aromatic carbocycles. The summed E-state index contributed by atoms with van der Waals surface area (Å²) in [6.45, 7) is 1.50. The number of fused-ring (bicyclic) bond motifs is 1. The van der Waals surface area contributed by atoms with Crippen molar-refractivity contribution in [2.45, 2.75) is 25.5 Å². The van der Waals surface area contributed by atoms with E-state index in [4.69, 9.17) is 9.15 Å². The van der Waals surface area contributed by atoms with E-state index in [1.807, 2.05) is 30.3 Å². The molecule has 178 valence electrons. The lowest BCUT2D eigenvalue weighted by Gasteiger charge is -2.19. The van der Waals surface area contributed by atoms with Crippen LogP contribution in [0, 0.1) is 0 Å². The van der Waals surface area contributed by atoms with Gasteiger partial charge in [-0.1, -0.05) is 42.5 Å². The monoisotopic (exact) mass is 473 g/mol. The smallest absolute Gasteiger partial charge is 0.336 e. The number of benzene rings is 3. The summed E-state index contributed by atoms with van der Waals surface area (Å²) in [7, 11) is 0. The first kappa shape index (κ1) is 23.6. The molecule has 0 fully saturated rings. The van der Waals surface area contributed by atoms with Crippen LogP contribution >= 0.6 is 0 Å². The van der Waals surface area contributed by atoms with Gasteiger partial charge in [-0.25, -0.2) is 9.59 Å². The number of amides is 1. The number of carbonyl (C=O) groups excluding carboxylic acids is 1. The number of carbonyl (C=O) groups is 2. The third-order valence-electron chi connectivity index (χ3n) is 5.47. The zero-order chi connectivity index (χ0) is 24.9. The molecular formula is C27H23NO7. The molecule has 0 aliphatic rings. The normalized spacial score (nSPS) is 12.6. The second-order valence-electron chi connectivity index (χ2n) is 8.03. The summed E-state index contributed by atoms with van der Waals surface area (Å²) < 4.78 is 11.1. The molecule has 0 radical (unpaired) electrons. The lowest BCUT2D eigenvalue weighted by molar-refractivity contribution is -0.142. The Balaban J connectivity index is 1.50. The van der Waals surface area contributed by atoms with Crippen molar-refractivity contribution in [3.63, 3.8) is 0 Å². The highest BCUT2D eigenvalue weighted by molar-refractivity contribution is 5.94. The number of aliphatic carboxylic acids is 1. The van der Waals surface area contributed by atoms with Crippen LogP contribution in [0.25, 0.3) is 22.1 Å². The van der Waals surface area contributed by atoms with Gasteiger partial charge >= 0.3 is 11.6 Å². The minimum Gasteiger partial charge on any atom is -0.508 e. The summed E-state index contributed by atoms with van der Waals surface area (Å²) in [4.78, 5) is 36.5. The molecule has 0 saturated heterocycles. The van der Waals surface area contributed by atoms with E-state index in [0.717, 1.165) is 5.56 Å². The summed E-state index contributed by atoms with van der Waals surface area (Å²) in [6.07, 6.45) is -0.976. The van der Waals surface area contributed by atoms with Crippen molar-refractivity contribution in [2.24, 2.45) is 0 Å². The third kappa shape index (κ3) is 5.67. The van der Waals surface area contributed by atoms with E-state index in [-0.39, 0.29) is 12.2 Å². The van der Waals surface area contributed by atoms with E-state index in [1.54, 1.807) is 24.3 Å². The van der Waals surface area contributed by atoms with Crippen LogP contribution in [0.15, 0.2) is 88.1 Å². The number of ether oxygens (including phenoxy) is 1. The molecule has 0 spiro atoms. The lowest BCUT2D eigenvalue weighted by Crippen LogP contribution is -2.47. The predicted octanol–water partition coefficient (Wildman–Crippen LogP) is 3.75. The first-order valence-corrected chi connectivity index (χ1v) is 10.9. The van der Waals surface area contributed by atoms with Crippen LogP contribution in [0.2, 0.25) is 0 Å². The molecule has 4 rings (SSSR count). The third-order valence-corrected chi connectivity index (χ3v) is 5.47. The fourth-order valence-corrected chi connectivity index (χ4v) is 3.69. The van der Waals surface area contributed by atoms with Crippen LogP contribution in [0.4, 0.5) is 0 Å². The van der Waals surface area contributed by atoms with E-state index < -0.39 is 29.6 Å². The van der Waals surface area contributed by atoms with Gasteiger partial charge < -0.3 is 24.7 Å². The SMILES string of the molecule is C[C@H](Oc1ccc2c(-c3ccccc3)cc(=O)oc2c1)C(=O)N[C@@H](Cc1ccc(O)cc1)C(=O)O. The van der Waals surface area contributed by atoms with Gasteiger partial charge in [-0.2, -0.15) is 0 Å². The van der Waals surface area contributed by atoms with Gasteiger partial charge in [-0.3, -0.25) is 4.79 Å². The molecule has 3 N–H and O–H groups in total. The highest BCUT2D eigenvalue weighted by atomic mass is 16.5. The zero-order valence-corrected chi connectivity index (χ0v) is 18.8. The van der Waals surface area contributed by atoms with E-state index >= 15 is 0 Å². The van der Waals surface area contributed by atoms with Gasteiger partial charge in [0, 0.05) is 23.9 Å². The Morgan fingerprint density at radius 1 is 1.00 bits per heavy atom. The number of phenols is 1. The summed E-state index contributed by atoms with van der Waals surface area (Å²) in [5, 5.41) is 22.1. The molecule has 4 aromatic rings. The van der Waals surface area contributed by atoms with Gasteiger partial charge in [-0.05, 0) is 47.9 Å². The molecule has 0 aliphatic heterocycles. The highest BCUT2D eigenvalue weighted by Crippen LogP contribution is 2.29. The van der Waals surface area contributed by atoms with Crippen molar-refractivity contribution in [1.29, 1.82) is 0 Å². The average molecular weight is 473 g/mol. The number of rotatable bonds is 8. The number of hydrogen-bond donors (Lipinski definition) is 3. The number of carboxylic acids is 1. The van der Waals surface area contributed by atoms with Crippen molar-refractivity contribution in [3.8, 4) is 22.6 Å². The maximum atomic E-state index is 12.7. The molecule has 0 saturated carbocycles. The molecule has 8 heteroatoms. The van der Waals surface area contributed by atoms with Gasteiger partial charge in [0.1, 0.15) is 23.1 Å². The topological polar surface area (TPSA) is 126 Å². The lowest BCUT2D eigenvalue weighted by atomic mass is 10.0. The molecule has 0 bridgehead atoms. The molecule has 1 heterocycles. The second kappa shape index (κ2) is 10.1. The minimum absolute atomic E-state index is 0.0392. The Morgan fingerprint density at radius 3 is 2.40 bits per heavy atom. The summed E-state index contributed by atoms with van der Waals surface area (Å²) in [6, 6.07) is 20.7. The van der Waals surface area contributed by atoms with E-state index in [0.29, 0.717) is 27.8 Å². The van der Waals surface area contributed by atoms with Crippen molar-refractivity contribution in [1.82, 2.24) is 5.32 Å². The number of phenolic OH excluding ortho intramolecular Hbond substituents is 1. The quantitative estimate of drug-likeness (QED) is 0.333. The Hall–Kier alpha value is -4.59. The van der Waals surface area contributed by atoms with Crippen molar-refractivity contribution < 1.29 is 29.0 Å². The Bertz CT molecular complexity index is 1410. The maximum Gasteiger partial charge on any atom is 0.336 e. The fraction of sp³-hybridized carbons (Fsp3) is 0.148. The molecule has 2 atom stereocenters. The summed E-state index contributed by atoms with van der Waals surface area (Å²) in [5.41, 5.74) is 2.01. The molecular weight excluding hydrogens is 450 g/mol. The van der Waals surface area contributed by atoms with Crippen LogP contribution < -0.4 is 15.7 Å². The summed E-state index contributed by atoms with van der Waals surface area (Å²) in [5.74, 6) is -1.46. The standard InChI is InChI=1S/C27H23NO7/c1-16(26(31)28-23(27(32)33)13-17-7-9-19(29)10-8-17)34-20-11-12-21-22(18-5-3-2-4-6-18)15-25(30)35-24(21)14-20/h2-12,14-16,23,29H,13H2,1H3,(H,28,31)(H,32,33)/t16-,23-/m0/s1. The fourth-order valence-electron chi connectivity index (χ4n) is 3.69. The van der Waals surface area contributed by atoms with E-state index in [9.17, 15) is 24.6 Å². The first-order valence-electron chi connectivity index (χ1n) is 10.9. The number of aromatic hydroxyl groups is 1. The van der Waals surface area contributed by atoms with Crippen LogP contribution in [-0.4, -0.2) is 34.2 Å². The van der Waals surface area contributed by atoms with Gasteiger partial charge in [-0.15, -0.1) is 0 Å². The first-order chi connectivity index (χ1) is 16.8. The van der Waals surface area contributed by atoms with Crippen molar-refractivity contribution in [2.75, 3.05) is 0 Å². The van der Waals surface area contributed by atoms with E-state index in [2.05, 4.69) is 5.32 Å². The van der Waals surface area contributed by atoms with Crippen LogP contribution in [-0.2, 0) is 16.0 Å². The zero-order valence-electron chi connectivity index (χ0n) is 18.8. The highest BCUT2D eigenvalue weighted by Gasteiger charge is 2.24. The molecule has 1 amide bonds. The van der Waals surface area contributed by atoms with Crippen molar-refractivity contribution in [3.05, 3.63) is 94.8 Å². The largest absolute Gasteiger partial charge is 0.508 e. The van der Waals surface area contributed by atoms with Gasteiger partial charge in [0.25, 0.3) is 5.91 Å². The molecule has 0 aliphatic carbocycles. The minimum atomic E-state index is -1.19. The number of carboxylic acid groups (broad SMARTS) is 1.